The molecule has 4 nitrogen and oxygen atoms in total. The van der Waals surface area contributed by atoms with Gasteiger partial charge in [-0.3, -0.25) is 4.79 Å². The van der Waals surface area contributed by atoms with Crippen LogP contribution >= 0.6 is 0 Å². The van der Waals surface area contributed by atoms with Crippen LogP contribution in [0.15, 0.2) is 12.2 Å². The fourth-order valence-electron chi connectivity index (χ4n) is 4.61. The van der Waals surface area contributed by atoms with E-state index in [4.69, 9.17) is 4.74 Å². The number of unbranched alkanes of at least 4 members (excludes halogenated alkanes) is 20. The quantitative estimate of drug-likeness (QED) is 0.0648. The third kappa shape index (κ3) is 25.8. The van der Waals surface area contributed by atoms with Crippen LogP contribution in [0.3, 0.4) is 0 Å². The zero-order valence-electron chi connectivity index (χ0n) is 24.1. The highest BCUT2D eigenvalue weighted by molar-refractivity contribution is 5.77. The largest absolute Gasteiger partial charge is 0.479 e. The Balaban J connectivity index is 3.60. The lowest BCUT2D eigenvalue weighted by Crippen LogP contribution is -2.27. The van der Waals surface area contributed by atoms with Crippen molar-refractivity contribution in [2.45, 2.75) is 180 Å². The van der Waals surface area contributed by atoms with Crippen LogP contribution in [0.25, 0.3) is 0 Å². The van der Waals surface area contributed by atoms with Gasteiger partial charge >= 0.3 is 11.9 Å². The molecule has 36 heavy (non-hydrogen) atoms. The molecule has 0 heterocycles. The zero-order chi connectivity index (χ0) is 26.5. The van der Waals surface area contributed by atoms with Crippen molar-refractivity contribution >= 4 is 11.9 Å². The summed E-state index contributed by atoms with van der Waals surface area (Å²) in [6.07, 6.45) is 32.3. The van der Waals surface area contributed by atoms with Gasteiger partial charge in [-0.15, -0.1) is 0 Å². The minimum absolute atomic E-state index is 0.336. The molecule has 0 bridgehead atoms. The van der Waals surface area contributed by atoms with Crippen LogP contribution in [0, 0.1) is 0 Å². The molecule has 0 aromatic rings. The van der Waals surface area contributed by atoms with Crippen LogP contribution in [0.5, 0.6) is 0 Å². The second-order valence-corrected chi connectivity index (χ2v) is 10.6. The van der Waals surface area contributed by atoms with E-state index in [0.29, 0.717) is 12.8 Å². The minimum Gasteiger partial charge on any atom is -0.479 e. The van der Waals surface area contributed by atoms with E-state index in [2.05, 4.69) is 26.0 Å². The maximum absolute atomic E-state index is 12.1. The average molecular weight is 509 g/mol. The Morgan fingerprint density at radius 1 is 0.583 bits per heavy atom. The number of allylic oxidation sites excluding steroid dienone is 2. The summed E-state index contributed by atoms with van der Waals surface area (Å²) in [6.45, 7) is 4.49. The van der Waals surface area contributed by atoms with E-state index < -0.39 is 12.1 Å². The number of hydrogen-bond donors (Lipinski definition) is 1. The summed E-state index contributed by atoms with van der Waals surface area (Å²) >= 11 is 0. The third-order valence-corrected chi connectivity index (χ3v) is 7.01. The van der Waals surface area contributed by atoms with E-state index in [1.165, 1.54) is 109 Å². The maximum Gasteiger partial charge on any atom is 0.345 e. The molecular formula is C32H60O4. The van der Waals surface area contributed by atoms with Crippen LogP contribution in [-0.2, 0) is 14.3 Å². The first kappa shape index (κ1) is 34.7. The van der Waals surface area contributed by atoms with E-state index in [1.807, 2.05) is 0 Å². The van der Waals surface area contributed by atoms with Crippen LogP contribution in [0.2, 0.25) is 0 Å². The van der Waals surface area contributed by atoms with Gasteiger partial charge in [0.1, 0.15) is 0 Å². The predicted octanol–water partition coefficient (Wildman–Crippen LogP) is 10.3. The minimum atomic E-state index is -1.01. The molecular weight excluding hydrogens is 448 g/mol. The SMILES string of the molecule is CCCCCC/C=C\CCCCCCCCC(=O)OC(CCCCCCCCCCCCC)C(=O)O. The summed E-state index contributed by atoms with van der Waals surface area (Å²) in [5, 5.41) is 9.40. The van der Waals surface area contributed by atoms with Gasteiger partial charge in [0.15, 0.2) is 6.10 Å². The monoisotopic (exact) mass is 508 g/mol. The van der Waals surface area contributed by atoms with Gasteiger partial charge in [0, 0.05) is 6.42 Å². The van der Waals surface area contributed by atoms with Crippen LogP contribution in [0.4, 0.5) is 0 Å². The van der Waals surface area contributed by atoms with Crippen LogP contribution in [-0.4, -0.2) is 23.1 Å². The van der Waals surface area contributed by atoms with Crippen molar-refractivity contribution in [1.29, 1.82) is 0 Å². The van der Waals surface area contributed by atoms with E-state index in [9.17, 15) is 14.7 Å². The molecule has 0 aromatic carbocycles. The van der Waals surface area contributed by atoms with Gasteiger partial charge in [-0.25, -0.2) is 4.79 Å². The number of carboxylic acid groups (broad SMARTS) is 1. The van der Waals surface area contributed by atoms with Gasteiger partial charge in [-0.05, 0) is 44.9 Å². The highest BCUT2D eigenvalue weighted by atomic mass is 16.6. The van der Waals surface area contributed by atoms with Gasteiger partial charge < -0.3 is 9.84 Å². The fraction of sp³-hybridized carbons (Fsp3) is 0.875. The molecule has 0 saturated heterocycles. The number of esters is 1. The lowest BCUT2D eigenvalue weighted by molar-refractivity contribution is -0.164. The van der Waals surface area contributed by atoms with Gasteiger partial charge in [0.2, 0.25) is 0 Å². The van der Waals surface area contributed by atoms with Gasteiger partial charge in [0.05, 0.1) is 0 Å². The van der Waals surface area contributed by atoms with Crippen molar-refractivity contribution in [1.82, 2.24) is 0 Å². The topological polar surface area (TPSA) is 63.6 Å². The Hall–Kier alpha value is -1.32. The molecule has 212 valence electrons. The summed E-state index contributed by atoms with van der Waals surface area (Å²) in [7, 11) is 0. The summed E-state index contributed by atoms with van der Waals surface area (Å²) in [5.41, 5.74) is 0. The molecule has 0 fully saturated rings. The number of carbonyl (C=O) groups is 2. The highest BCUT2D eigenvalue weighted by Crippen LogP contribution is 2.15. The normalized spacial score (nSPS) is 12.3. The van der Waals surface area contributed by atoms with Gasteiger partial charge in [-0.2, -0.15) is 0 Å². The fourth-order valence-corrected chi connectivity index (χ4v) is 4.61. The Morgan fingerprint density at radius 2 is 0.972 bits per heavy atom. The molecule has 1 unspecified atom stereocenters. The molecule has 0 spiro atoms. The lowest BCUT2D eigenvalue weighted by atomic mass is 10.0. The number of ether oxygens (including phenoxy) is 1. The molecule has 0 aliphatic carbocycles. The second kappa shape index (κ2) is 28.3. The number of carbonyl (C=O) groups excluding carboxylic acids is 1. The van der Waals surface area contributed by atoms with Crippen molar-refractivity contribution in [3.8, 4) is 0 Å². The summed E-state index contributed by atoms with van der Waals surface area (Å²) < 4.78 is 5.27. The number of rotatable bonds is 28. The van der Waals surface area contributed by atoms with E-state index in [-0.39, 0.29) is 5.97 Å². The molecule has 1 atom stereocenters. The predicted molar refractivity (Wildman–Crippen MR) is 153 cm³/mol. The summed E-state index contributed by atoms with van der Waals surface area (Å²) in [5.74, 6) is -1.36. The molecule has 0 aliphatic heterocycles. The van der Waals surface area contributed by atoms with Crippen molar-refractivity contribution in [2.75, 3.05) is 0 Å². The molecule has 4 heteroatoms. The molecule has 0 aliphatic rings. The molecule has 1 N–H and O–H groups in total. The van der Waals surface area contributed by atoms with Crippen molar-refractivity contribution in [2.24, 2.45) is 0 Å². The van der Waals surface area contributed by atoms with Crippen molar-refractivity contribution in [3.05, 3.63) is 12.2 Å². The number of hydrogen-bond acceptors (Lipinski definition) is 3. The van der Waals surface area contributed by atoms with Crippen molar-refractivity contribution < 1.29 is 19.4 Å². The average Bonchev–Trinajstić information content (AvgIpc) is 2.86. The third-order valence-electron chi connectivity index (χ3n) is 7.01. The molecule has 0 saturated carbocycles. The first-order valence-electron chi connectivity index (χ1n) is 15.7. The smallest absolute Gasteiger partial charge is 0.345 e. The number of aliphatic carboxylic acids is 1. The first-order valence-corrected chi connectivity index (χ1v) is 15.7. The van der Waals surface area contributed by atoms with Crippen LogP contribution in [0.1, 0.15) is 174 Å². The van der Waals surface area contributed by atoms with Gasteiger partial charge in [0.25, 0.3) is 0 Å². The Kier molecular flexibility index (Phi) is 27.2. The standard InChI is InChI=1S/C32H60O4/c1-3-5-7-9-11-13-15-16-17-19-21-23-25-27-29-31(33)36-30(32(34)35)28-26-24-22-20-18-14-12-10-8-6-4-2/h13,15,30H,3-12,14,16-29H2,1-2H3,(H,34,35)/b15-13-. The molecule has 0 radical (unpaired) electrons. The summed E-state index contributed by atoms with van der Waals surface area (Å²) in [6, 6.07) is 0. The Morgan fingerprint density at radius 3 is 1.44 bits per heavy atom. The van der Waals surface area contributed by atoms with E-state index in [0.717, 1.165) is 38.5 Å². The van der Waals surface area contributed by atoms with Crippen molar-refractivity contribution in [3.63, 3.8) is 0 Å². The van der Waals surface area contributed by atoms with E-state index >= 15 is 0 Å². The van der Waals surface area contributed by atoms with Crippen LogP contribution < -0.4 is 0 Å². The van der Waals surface area contributed by atoms with E-state index in [1.54, 1.807) is 0 Å². The second-order valence-electron chi connectivity index (χ2n) is 10.6. The first-order chi connectivity index (χ1) is 17.6. The zero-order valence-corrected chi connectivity index (χ0v) is 24.1. The maximum atomic E-state index is 12.1. The lowest BCUT2D eigenvalue weighted by Gasteiger charge is -2.13. The molecule has 0 rings (SSSR count). The van der Waals surface area contributed by atoms with Gasteiger partial charge in [-0.1, -0.05) is 135 Å². The highest BCUT2D eigenvalue weighted by Gasteiger charge is 2.21. The number of carboxylic acids is 1. The summed E-state index contributed by atoms with van der Waals surface area (Å²) in [4.78, 5) is 23.6. The molecule has 0 aromatic heterocycles. The molecule has 0 amide bonds. The Labute approximate surface area is 224 Å². The Bertz CT molecular complexity index is 514.